The van der Waals surface area contributed by atoms with E-state index in [2.05, 4.69) is 10.3 Å². The Morgan fingerprint density at radius 2 is 1.79 bits per heavy atom. The number of hydrogen-bond acceptors (Lipinski definition) is 2. The van der Waals surface area contributed by atoms with E-state index in [9.17, 15) is 4.79 Å². The van der Waals surface area contributed by atoms with Gasteiger partial charge in [0.2, 0.25) is 0 Å². The third-order valence-electron chi connectivity index (χ3n) is 1.43. The molecule has 1 aromatic heterocycles. The van der Waals surface area contributed by atoms with Gasteiger partial charge < -0.3 is 5.32 Å². The number of nitrogens with zero attached hydrogens (tertiary/aromatic N) is 1. The van der Waals surface area contributed by atoms with E-state index in [4.69, 9.17) is 0 Å². The van der Waals surface area contributed by atoms with Crippen LogP contribution in [-0.2, 0) is 0 Å². The Morgan fingerprint density at radius 1 is 1.29 bits per heavy atom. The lowest BCUT2D eigenvalue weighted by molar-refractivity contribution is 0.0919. The summed E-state index contributed by atoms with van der Waals surface area (Å²) in [6.45, 7) is 5.85. The van der Waals surface area contributed by atoms with E-state index in [0.29, 0.717) is 5.56 Å². The SMILES string of the molecule is CC(C)(C)NC(=O)c1ccncc1.Cl. The van der Waals surface area contributed by atoms with Crippen molar-refractivity contribution >= 4 is 18.3 Å². The summed E-state index contributed by atoms with van der Waals surface area (Å²) in [6, 6.07) is 3.39. The maximum Gasteiger partial charge on any atom is 0.251 e. The maximum atomic E-state index is 11.5. The van der Waals surface area contributed by atoms with Gasteiger partial charge in [0.25, 0.3) is 5.91 Å². The molecule has 1 heterocycles. The van der Waals surface area contributed by atoms with Crippen LogP contribution in [0.1, 0.15) is 31.1 Å². The van der Waals surface area contributed by atoms with Gasteiger partial charge in [0.05, 0.1) is 0 Å². The lowest BCUT2D eigenvalue weighted by Gasteiger charge is -2.20. The molecule has 0 unspecified atom stereocenters. The van der Waals surface area contributed by atoms with E-state index in [1.807, 2.05) is 20.8 Å². The Hall–Kier alpha value is -1.09. The molecule has 0 fully saturated rings. The Kier molecular flexibility index (Phi) is 4.57. The molecule has 0 aromatic carbocycles. The van der Waals surface area contributed by atoms with Gasteiger partial charge in [0.1, 0.15) is 0 Å². The summed E-state index contributed by atoms with van der Waals surface area (Å²) in [6.07, 6.45) is 3.22. The minimum absolute atomic E-state index is 0. The van der Waals surface area contributed by atoms with Gasteiger partial charge in [-0.3, -0.25) is 9.78 Å². The molecule has 0 aliphatic heterocycles. The van der Waals surface area contributed by atoms with E-state index in [0.717, 1.165) is 0 Å². The fraction of sp³-hybridized carbons (Fsp3) is 0.400. The van der Waals surface area contributed by atoms with E-state index in [-0.39, 0.29) is 23.9 Å². The Labute approximate surface area is 90.3 Å². The summed E-state index contributed by atoms with van der Waals surface area (Å²) in [5, 5.41) is 2.87. The van der Waals surface area contributed by atoms with Crippen molar-refractivity contribution in [3.8, 4) is 0 Å². The first kappa shape index (κ1) is 12.9. The van der Waals surface area contributed by atoms with Gasteiger partial charge in [0.15, 0.2) is 0 Å². The number of nitrogens with one attached hydrogen (secondary N) is 1. The summed E-state index contributed by atoms with van der Waals surface area (Å²) in [7, 11) is 0. The number of carbonyl (C=O) groups is 1. The van der Waals surface area contributed by atoms with Crippen LogP contribution in [0, 0.1) is 0 Å². The van der Waals surface area contributed by atoms with Gasteiger partial charge in [-0.15, -0.1) is 12.4 Å². The van der Waals surface area contributed by atoms with Crippen molar-refractivity contribution in [2.75, 3.05) is 0 Å². The molecular weight excluding hydrogens is 200 g/mol. The van der Waals surface area contributed by atoms with E-state index < -0.39 is 0 Å². The zero-order valence-electron chi connectivity index (χ0n) is 8.57. The minimum Gasteiger partial charge on any atom is -0.347 e. The summed E-state index contributed by atoms with van der Waals surface area (Å²) in [5.74, 6) is -0.0603. The van der Waals surface area contributed by atoms with Crippen LogP contribution in [-0.4, -0.2) is 16.4 Å². The molecule has 0 bridgehead atoms. The summed E-state index contributed by atoms with van der Waals surface area (Å²) in [4.78, 5) is 15.4. The average Bonchev–Trinajstić information content (AvgIpc) is 2.03. The highest BCUT2D eigenvalue weighted by molar-refractivity contribution is 5.94. The third kappa shape index (κ3) is 4.23. The van der Waals surface area contributed by atoms with Crippen LogP contribution in [0.2, 0.25) is 0 Å². The molecule has 14 heavy (non-hydrogen) atoms. The zero-order chi connectivity index (χ0) is 9.90. The fourth-order valence-electron chi connectivity index (χ4n) is 0.916. The average molecular weight is 215 g/mol. The molecule has 1 amide bonds. The lowest BCUT2D eigenvalue weighted by atomic mass is 10.1. The number of carbonyl (C=O) groups excluding carboxylic acids is 1. The van der Waals surface area contributed by atoms with Crippen molar-refractivity contribution in [2.24, 2.45) is 0 Å². The number of hydrogen-bond donors (Lipinski definition) is 1. The van der Waals surface area contributed by atoms with Crippen molar-refractivity contribution in [3.63, 3.8) is 0 Å². The molecule has 0 saturated carbocycles. The molecule has 3 nitrogen and oxygen atoms in total. The van der Waals surface area contributed by atoms with Crippen molar-refractivity contribution < 1.29 is 4.79 Å². The minimum atomic E-state index is -0.194. The van der Waals surface area contributed by atoms with E-state index >= 15 is 0 Å². The highest BCUT2D eigenvalue weighted by Crippen LogP contribution is 2.02. The molecule has 78 valence electrons. The molecule has 0 spiro atoms. The number of amides is 1. The summed E-state index contributed by atoms with van der Waals surface area (Å²) in [5.41, 5.74) is 0.449. The van der Waals surface area contributed by atoms with Crippen molar-refractivity contribution in [2.45, 2.75) is 26.3 Å². The first-order chi connectivity index (χ1) is 5.99. The third-order valence-corrected chi connectivity index (χ3v) is 1.43. The molecular formula is C10H15ClN2O. The van der Waals surface area contributed by atoms with Crippen LogP contribution in [0.25, 0.3) is 0 Å². The normalized spacial score (nSPS) is 10.2. The Morgan fingerprint density at radius 3 is 2.21 bits per heavy atom. The second-order valence-electron chi connectivity index (χ2n) is 3.94. The van der Waals surface area contributed by atoms with Crippen molar-refractivity contribution in [1.29, 1.82) is 0 Å². The zero-order valence-corrected chi connectivity index (χ0v) is 9.39. The molecule has 0 saturated heterocycles. The lowest BCUT2D eigenvalue weighted by Crippen LogP contribution is -2.40. The molecule has 1 rings (SSSR count). The van der Waals surface area contributed by atoms with Crippen LogP contribution in [0.15, 0.2) is 24.5 Å². The molecule has 0 aliphatic rings. The first-order valence-corrected chi connectivity index (χ1v) is 4.21. The molecule has 0 aliphatic carbocycles. The Bertz CT molecular complexity index is 293. The number of pyridine rings is 1. The monoisotopic (exact) mass is 214 g/mol. The van der Waals surface area contributed by atoms with Crippen molar-refractivity contribution in [1.82, 2.24) is 10.3 Å². The van der Waals surface area contributed by atoms with Gasteiger partial charge in [-0.25, -0.2) is 0 Å². The highest BCUT2D eigenvalue weighted by Gasteiger charge is 2.14. The predicted octanol–water partition coefficient (Wildman–Crippen LogP) is 2.03. The van der Waals surface area contributed by atoms with Crippen LogP contribution in [0.5, 0.6) is 0 Å². The van der Waals surface area contributed by atoms with Gasteiger partial charge in [0, 0.05) is 23.5 Å². The van der Waals surface area contributed by atoms with E-state index in [1.165, 1.54) is 0 Å². The molecule has 1 aromatic rings. The first-order valence-electron chi connectivity index (χ1n) is 4.21. The standard InChI is InChI=1S/C10H14N2O.ClH/c1-10(2,3)12-9(13)8-4-6-11-7-5-8;/h4-7H,1-3H3,(H,12,13);1H. The van der Waals surface area contributed by atoms with Crippen molar-refractivity contribution in [3.05, 3.63) is 30.1 Å². The molecule has 0 atom stereocenters. The van der Waals surface area contributed by atoms with Gasteiger partial charge in [-0.05, 0) is 32.9 Å². The van der Waals surface area contributed by atoms with Gasteiger partial charge in [-0.1, -0.05) is 0 Å². The van der Waals surface area contributed by atoms with Crippen LogP contribution in [0.3, 0.4) is 0 Å². The van der Waals surface area contributed by atoms with Gasteiger partial charge in [-0.2, -0.15) is 0 Å². The van der Waals surface area contributed by atoms with Crippen LogP contribution in [0.4, 0.5) is 0 Å². The number of halogens is 1. The number of aromatic nitrogens is 1. The smallest absolute Gasteiger partial charge is 0.251 e. The second-order valence-corrected chi connectivity index (χ2v) is 3.94. The topological polar surface area (TPSA) is 42.0 Å². The largest absolute Gasteiger partial charge is 0.347 e. The van der Waals surface area contributed by atoms with E-state index in [1.54, 1.807) is 24.5 Å². The highest BCUT2D eigenvalue weighted by atomic mass is 35.5. The Balaban J connectivity index is 0.00000169. The van der Waals surface area contributed by atoms with Crippen LogP contribution >= 0.6 is 12.4 Å². The molecule has 4 heteroatoms. The quantitative estimate of drug-likeness (QED) is 0.778. The maximum absolute atomic E-state index is 11.5. The molecule has 1 N–H and O–H groups in total. The fourth-order valence-corrected chi connectivity index (χ4v) is 0.916. The summed E-state index contributed by atoms with van der Waals surface area (Å²) >= 11 is 0. The van der Waals surface area contributed by atoms with Gasteiger partial charge >= 0.3 is 0 Å². The second kappa shape index (κ2) is 4.96. The number of rotatable bonds is 1. The molecule has 0 radical (unpaired) electrons. The predicted molar refractivity (Wildman–Crippen MR) is 58.7 cm³/mol. The summed E-state index contributed by atoms with van der Waals surface area (Å²) < 4.78 is 0. The van der Waals surface area contributed by atoms with Crippen LogP contribution < -0.4 is 5.32 Å².